The topological polar surface area (TPSA) is 27.6 Å². The average molecular weight is 322 g/mol. The van der Waals surface area contributed by atoms with E-state index in [1.807, 2.05) is 12.1 Å². The first-order valence-electron chi connectivity index (χ1n) is 6.56. The lowest BCUT2D eigenvalue weighted by atomic mass is 10.1. The normalized spacial score (nSPS) is 16.5. The summed E-state index contributed by atoms with van der Waals surface area (Å²) in [5.41, 5.74) is 1.25. The van der Waals surface area contributed by atoms with Crippen LogP contribution < -0.4 is 5.32 Å². The van der Waals surface area contributed by atoms with Crippen molar-refractivity contribution < 1.29 is 0 Å². The summed E-state index contributed by atoms with van der Waals surface area (Å²) in [7, 11) is 0. The average Bonchev–Trinajstić information content (AvgIpc) is 2.39. The molecule has 1 aromatic rings. The molecule has 1 aliphatic rings. The quantitative estimate of drug-likeness (QED) is 0.919. The second-order valence-electron chi connectivity index (χ2n) is 5.03. The molecule has 0 radical (unpaired) electrons. The van der Waals surface area contributed by atoms with Crippen molar-refractivity contribution in [1.82, 2.24) is 10.2 Å². The third-order valence-corrected chi connectivity index (χ3v) is 3.70. The molecule has 3 nitrogen and oxygen atoms in total. The number of amidine groups is 1. The first-order valence-corrected chi connectivity index (χ1v) is 7.36. The van der Waals surface area contributed by atoms with E-state index in [0.717, 1.165) is 17.0 Å². The van der Waals surface area contributed by atoms with E-state index in [0.29, 0.717) is 6.04 Å². The van der Waals surface area contributed by atoms with Gasteiger partial charge in [-0.25, -0.2) is 4.99 Å². The second kappa shape index (κ2) is 6.24. The van der Waals surface area contributed by atoms with Crippen molar-refractivity contribution in [3.63, 3.8) is 0 Å². The van der Waals surface area contributed by atoms with E-state index >= 15 is 0 Å². The standard InChI is InChI=1S/C15H20BrN3/c1-11(2)19-8-7-15(17-10-19)18-12(3)13-5-4-6-14(16)9-13/h4-9,11-12H,10H2,1-3H3,(H,17,18). The smallest absolute Gasteiger partial charge is 0.124 e. The summed E-state index contributed by atoms with van der Waals surface area (Å²) in [6, 6.07) is 9.07. The highest BCUT2D eigenvalue weighted by atomic mass is 79.9. The highest BCUT2D eigenvalue weighted by molar-refractivity contribution is 9.10. The van der Waals surface area contributed by atoms with Crippen molar-refractivity contribution >= 4 is 21.8 Å². The van der Waals surface area contributed by atoms with Crippen LogP contribution in [0.2, 0.25) is 0 Å². The summed E-state index contributed by atoms with van der Waals surface area (Å²) >= 11 is 3.50. The van der Waals surface area contributed by atoms with Crippen molar-refractivity contribution in [3.05, 3.63) is 46.6 Å². The number of rotatable bonds is 3. The number of nitrogens with zero attached hydrogens (tertiary/aromatic N) is 2. The van der Waals surface area contributed by atoms with Gasteiger partial charge in [0.25, 0.3) is 0 Å². The molecule has 0 fully saturated rings. The second-order valence-corrected chi connectivity index (χ2v) is 5.95. The molecule has 4 heteroatoms. The van der Waals surface area contributed by atoms with Gasteiger partial charge in [0.15, 0.2) is 0 Å². The lowest BCUT2D eigenvalue weighted by molar-refractivity contribution is 0.317. The lowest BCUT2D eigenvalue weighted by Crippen LogP contribution is -2.33. The maximum Gasteiger partial charge on any atom is 0.124 e. The first kappa shape index (κ1) is 14.1. The Balaban J connectivity index is 1.97. The predicted octanol–water partition coefficient (Wildman–Crippen LogP) is 3.69. The Labute approximate surface area is 123 Å². The number of hydrogen-bond donors (Lipinski definition) is 1. The van der Waals surface area contributed by atoms with Gasteiger partial charge in [-0.05, 0) is 44.5 Å². The van der Waals surface area contributed by atoms with E-state index in [1.165, 1.54) is 5.56 Å². The molecule has 0 aromatic heterocycles. The van der Waals surface area contributed by atoms with Gasteiger partial charge in [-0.2, -0.15) is 0 Å². The fraction of sp³-hybridized carbons (Fsp3) is 0.400. The predicted molar refractivity (Wildman–Crippen MR) is 84.1 cm³/mol. The Hall–Kier alpha value is -1.29. The molecule has 0 saturated carbocycles. The fourth-order valence-electron chi connectivity index (χ4n) is 1.93. The molecule has 0 bridgehead atoms. The summed E-state index contributed by atoms with van der Waals surface area (Å²) in [6.07, 6.45) is 4.14. The Morgan fingerprint density at radius 2 is 2.11 bits per heavy atom. The van der Waals surface area contributed by atoms with Crippen LogP contribution in [0.5, 0.6) is 0 Å². The third kappa shape index (κ3) is 3.83. The molecule has 2 rings (SSSR count). The van der Waals surface area contributed by atoms with Crippen LogP contribution >= 0.6 is 15.9 Å². The van der Waals surface area contributed by atoms with Gasteiger partial charge in [0, 0.05) is 22.8 Å². The molecular formula is C15H20BrN3. The third-order valence-electron chi connectivity index (χ3n) is 3.20. The maximum atomic E-state index is 4.55. The van der Waals surface area contributed by atoms with Crippen molar-refractivity contribution in [2.45, 2.75) is 32.9 Å². The Morgan fingerprint density at radius 1 is 1.32 bits per heavy atom. The molecule has 1 unspecified atom stereocenters. The number of benzene rings is 1. The molecule has 102 valence electrons. The van der Waals surface area contributed by atoms with Gasteiger partial charge in [-0.1, -0.05) is 28.1 Å². The lowest BCUT2D eigenvalue weighted by Gasteiger charge is -2.27. The van der Waals surface area contributed by atoms with E-state index in [-0.39, 0.29) is 6.04 Å². The Kier molecular flexibility index (Phi) is 4.64. The van der Waals surface area contributed by atoms with Crippen molar-refractivity contribution in [1.29, 1.82) is 0 Å². The molecule has 1 aromatic carbocycles. The SMILES string of the molecule is CC(NC1=NCN(C(C)C)C=C1)c1cccc(Br)c1. The molecule has 0 amide bonds. The van der Waals surface area contributed by atoms with Gasteiger partial charge in [-0.15, -0.1) is 0 Å². The van der Waals surface area contributed by atoms with Crippen molar-refractivity contribution in [2.75, 3.05) is 6.67 Å². The van der Waals surface area contributed by atoms with Gasteiger partial charge in [0.05, 0.1) is 0 Å². The molecule has 1 heterocycles. The van der Waals surface area contributed by atoms with E-state index in [9.17, 15) is 0 Å². The fourth-order valence-corrected chi connectivity index (χ4v) is 2.35. The summed E-state index contributed by atoms with van der Waals surface area (Å²) in [5, 5.41) is 3.44. The van der Waals surface area contributed by atoms with Crippen LogP contribution in [-0.4, -0.2) is 23.4 Å². The molecule has 1 N–H and O–H groups in total. The summed E-state index contributed by atoms with van der Waals surface area (Å²) < 4.78 is 1.10. The van der Waals surface area contributed by atoms with Crippen LogP contribution in [0, 0.1) is 0 Å². The van der Waals surface area contributed by atoms with Crippen LogP contribution in [-0.2, 0) is 0 Å². The number of aliphatic imine (C=N–C) groups is 1. The summed E-state index contributed by atoms with van der Waals surface area (Å²) in [5.74, 6) is 0.948. The van der Waals surface area contributed by atoms with Crippen LogP contribution in [0.1, 0.15) is 32.4 Å². The molecule has 1 atom stereocenters. The molecule has 1 aliphatic heterocycles. The monoisotopic (exact) mass is 321 g/mol. The van der Waals surface area contributed by atoms with Gasteiger partial charge in [-0.3, -0.25) is 0 Å². The number of nitrogens with one attached hydrogen (secondary N) is 1. The van der Waals surface area contributed by atoms with E-state index in [4.69, 9.17) is 0 Å². The highest BCUT2D eigenvalue weighted by Gasteiger charge is 2.11. The van der Waals surface area contributed by atoms with E-state index in [2.05, 4.69) is 76.3 Å². The first-order chi connectivity index (χ1) is 9.06. The zero-order valence-electron chi connectivity index (χ0n) is 11.6. The van der Waals surface area contributed by atoms with Gasteiger partial charge in [0.2, 0.25) is 0 Å². The minimum Gasteiger partial charge on any atom is -0.364 e. The Morgan fingerprint density at radius 3 is 2.68 bits per heavy atom. The minimum absolute atomic E-state index is 0.242. The van der Waals surface area contributed by atoms with Gasteiger partial charge < -0.3 is 10.2 Å². The van der Waals surface area contributed by atoms with Crippen LogP contribution in [0.15, 0.2) is 46.0 Å². The zero-order chi connectivity index (χ0) is 13.8. The maximum absolute atomic E-state index is 4.55. The summed E-state index contributed by atoms with van der Waals surface area (Å²) in [6.45, 7) is 7.21. The van der Waals surface area contributed by atoms with Crippen LogP contribution in [0.25, 0.3) is 0 Å². The van der Waals surface area contributed by atoms with Crippen molar-refractivity contribution in [3.8, 4) is 0 Å². The molecule has 19 heavy (non-hydrogen) atoms. The molecule has 0 spiro atoms. The van der Waals surface area contributed by atoms with E-state index < -0.39 is 0 Å². The van der Waals surface area contributed by atoms with Gasteiger partial charge in [0.1, 0.15) is 12.5 Å². The van der Waals surface area contributed by atoms with Crippen molar-refractivity contribution in [2.24, 2.45) is 4.99 Å². The highest BCUT2D eigenvalue weighted by Crippen LogP contribution is 2.18. The zero-order valence-corrected chi connectivity index (χ0v) is 13.2. The van der Waals surface area contributed by atoms with Crippen LogP contribution in [0.3, 0.4) is 0 Å². The minimum atomic E-state index is 0.242. The van der Waals surface area contributed by atoms with Gasteiger partial charge >= 0.3 is 0 Å². The molecule has 0 aliphatic carbocycles. The number of hydrogen-bond acceptors (Lipinski definition) is 3. The molecule has 0 saturated heterocycles. The summed E-state index contributed by atoms with van der Waals surface area (Å²) in [4.78, 5) is 6.76. The van der Waals surface area contributed by atoms with Crippen LogP contribution in [0.4, 0.5) is 0 Å². The van der Waals surface area contributed by atoms with E-state index in [1.54, 1.807) is 0 Å². The number of halogens is 1. The molecular weight excluding hydrogens is 302 g/mol. The Bertz CT molecular complexity index is 494. The largest absolute Gasteiger partial charge is 0.364 e.